The summed E-state index contributed by atoms with van der Waals surface area (Å²) >= 11 is 0. The second-order valence-electron chi connectivity index (χ2n) is 6.06. The third-order valence-electron chi connectivity index (χ3n) is 4.36. The summed E-state index contributed by atoms with van der Waals surface area (Å²) in [6.45, 7) is 2.56. The number of para-hydroxylation sites is 1. The van der Waals surface area contributed by atoms with Crippen molar-refractivity contribution in [1.29, 1.82) is 0 Å². The topological polar surface area (TPSA) is 73.5 Å². The Labute approximate surface area is 128 Å². The van der Waals surface area contributed by atoms with Crippen LogP contribution in [0.1, 0.15) is 5.56 Å². The second kappa shape index (κ2) is 4.76. The Balaban J connectivity index is 1.52. The Bertz CT molecular complexity index is 713. The highest BCUT2D eigenvalue weighted by Crippen LogP contribution is 2.42. The molecule has 3 heterocycles. The zero-order valence-corrected chi connectivity index (χ0v) is 12.5. The van der Waals surface area contributed by atoms with Gasteiger partial charge in [-0.3, -0.25) is 0 Å². The number of hydrogen-bond donors (Lipinski definition) is 1. The molecule has 2 aliphatic rings. The van der Waals surface area contributed by atoms with Crippen LogP contribution < -0.4 is 20.1 Å². The van der Waals surface area contributed by atoms with Gasteiger partial charge in [-0.2, -0.15) is 9.97 Å². The van der Waals surface area contributed by atoms with E-state index in [2.05, 4.69) is 27.0 Å². The zero-order valence-electron chi connectivity index (χ0n) is 12.5. The maximum atomic E-state index is 5.93. The van der Waals surface area contributed by atoms with Crippen molar-refractivity contribution in [3.05, 3.63) is 35.9 Å². The highest BCUT2D eigenvalue weighted by Gasteiger charge is 2.46. The fraction of sp³-hybridized carbons (Fsp3) is 0.375. The molecule has 114 valence electrons. The number of aromatic nitrogens is 2. The first-order chi connectivity index (χ1) is 10.7. The van der Waals surface area contributed by atoms with Crippen molar-refractivity contribution in [2.75, 3.05) is 37.4 Å². The number of ether oxygens (including phenoxy) is 2. The Morgan fingerprint density at radius 2 is 2.09 bits per heavy atom. The Hall–Kier alpha value is -2.50. The van der Waals surface area contributed by atoms with Crippen LogP contribution in [0.15, 0.2) is 30.3 Å². The molecule has 0 atom stereocenters. The fourth-order valence-corrected chi connectivity index (χ4v) is 3.30. The molecule has 22 heavy (non-hydrogen) atoms. The van der Waals surface area contributed by atoms with Crippen molar-refractivity contribution >= 4 is 11.8 Å². The number of anilines is 2. The van der Waals surface area contributed by atoms with Gasteiger partial charge in [-0.15, -0.1) is 0 Å². The van der Waals surface area contributed by atoms with Gasteiger partial charge in [0.15, 0.2) is 0 Å². The SMILES string of the molecule is COc1cc(N2CC3(COc4ccccc4C3)C2)nc(N)n1. The van der Waals surface area contributed by atoms with Gasteiger partial charge in [0.25, 0.3) is 0 Å². The lowest BCUT2D eigenvalue weighted by Crippen LogP contribution is -2.61. The Morgan fingerprint density at radius 1 is 1.27 bits per heavy atom. The van der Waals surface area contributed by atoms with Gasteiger partial charge in [-0.1, -0.05) is 18.2 Å². The molecule has 2 N–H and O–H groups in total. The van der Waals surface area contributed by atoms with E-state index in [1.807, 2.05) is 18.2 Å². The van der Waals surface area contributed by atoms with Crippen molar-refractivity contribution in [3.63, 3.8) is 0 Å². The maximum Gasteiger partial charge on any atom is 0.225 e. The van der Waals surface area contributed by atoms with E-state index >= 15 is 0 Å². The van der Waals surface area contributed by atoms with Crippen LogP contribution in [-0.4, -0.2) is 36.8 Å². The fourth-order valence-electron chi connectivity index (χ4n) is 3.30. The first-order valence-corrected chi connectivity index (χ1v) is 7.32. The summed E-state index contributed by atoms with van der Waals surface area (Å²) in [5.41, 5.74) is 7.18. The molecule has 0 amide bonds. The minimum atomic E-state index is 0.168. The van der Waals surface area contributed by atoms with Crippen LogP contribution in [0.3, 0.4) is 0 Å². The van der Waals surface area contributed by atoms with Gasteiger partial charge < -0.3 is 20.1 Å². The predicted octanol–water partition coefficient (Wildman–Crippen LogP) is 1.51. The zero-order chi connectivity index (χ0) is 15.2. The summed E-state index contributed by atoms with van der Waals surface area (Å²) in [4.78, 5) is 10.5. The molecule has 4 rings (SSSR count). The van der Waals surface area contributed by atoms with Crippen molar-refractivity contribution in [3.8, 4) is 11.6 Å². The summed E-state index contributed by atoms with van der Waals surface area (Å²) in [5, 5.41) is 0. The minimum Gasteiger partial charge on any atom is -0.493 e. The highest BCUT2D eigenvalue weighted by atomic mass is 16.5. The lowest BCUT2D eigenvalue weighted by Gasteiger charge is -2.52. The molecule has 0 aliphatic carbocycles. The summed E-state index contributed by atoms with van der Waals surface area (Å²) in [6, 6.07) is 10.1. The molecule has 0 radical (unpaired) electrons. The van der Waals surface area contributed by atoms with Gasteiger partial charge in [0.05, 0.1) is 13.7 Å². The monoisotopic (exact) mass is 298 g/mol. The normalized spacial score (nSPS) is 18.3. The molecule has 1 aromatic heterocycles. The van der Waals surface area contributed by atoms with Gasteiger partial charge >= 0.3 is 0 Å². The number of methoxy groups -OCH3 is 1. The third-order valence-corrected chi connectivity index (χ3v) is 4.36. The first-order valence-electron chi connectivity index (χ1n) is 7.32. The van der Waals surface area contributed by atoms with E-state index in [9.17, 15) is 0 Å². The molecule has 0 saturated carbocycles. The second-order valence-corrected chi connectivity index (χ2v) is 6.06. The molecule has 0 unspecified atom stereocenters. The van der Waals surface area contributed by atoms with Gasteiger partial charge in [0, 0.05) is 24.6 Å². The van der Waals surface area contributed by atoms with Crippen molar-refractivity contribution in [2.45, 2.75) is 6.42 Å². The minimum absolute atomic E-state index is 0.168. The smallest absolute Gasteiger partial charge is 0.225 e. The maximum absolute atomic E-state index is 5.93. The molecule has 1 fully saturated rings. The number of nitrogens with zero attached hydrogens (tertiary/aromatic N) is 3. The summed E-state index contributed by atoms with van der Waals surface area (Å²) in [5.74, 6) is 2.56. The Morgan fingerprint density at radius 3 is 2.91 bits per heavy atom. The van der Waals surface area contributed by atoms with E-state index in [1.165, 1.54) is 5.56 Å². The number of nitrogens with two attached hydrogens (primary N) is 1. The van der Waals surface area contributed by atoms with E-state index in [-0.39, 0.29) is 11.4 Å². The van der Waals surface area contributed by atoms with Gasteiger partial charge in [-0.05, 0) is 18.1 Å². The number of nitrogen functional groups attached to an aromatic ring is 1. The molecular formula is C16H18N4O2. The van der Waals surface area contributed by atoms with Crippen LogP contribution in [0.4, 0.5) is 11.8 Å². The molecule has 1 saturated heterocycles. The standard InChI is InChI=1S/C16H18N4O2/c1-21-14-6-13(18-15(17)19-14)20-8-16(9-20)7-11-4-2-3-5-12(11)22-10-16/h2-6H,7-10H2,1H3,(H2,17,18,19). The van der Waals surface area contributed by atoms with E-state index in [0.717, 1.165) is 37.7 Å². The molecular weight excluding hydrogens is 280 g/mol. The van der Waals surface area contributed by atoms with Crippen molar-refractivity contribution in [2.24, 2.45) is 5.41 Å². The van der Waals surface area contributed by atoms with Crippen LogP contribution in [0, 0.1) is 5.41 Å². The average Bonchev–Trinajstić information content (AvgIpc) is 2.51. The van der Waals surface area contributed by atoms with Gasteiger partial charge in [0.2, 0.25) is 11.8 Å². The van der Waals surface area contributed by atoms with E-state index in [4.69, 9.17) is 15.2 Å². The quantitative estimate of drug-likeness (QED) is 0.906. The van der Waals surface area contributed by atoms with Gasteiger partial charge in [0.1, 0.15) is 11.6 Å². The van der Waals surface area contributed by atoms with E-state index < -0.39 is 0 Å². The summed E-state index contributed by atoms with van der Waals surface area (Å²) in [7, 11) is 1.58. The predicted molar refractivity (Wildman–Crippen MR) is 83.3 cm³/mol. The van der Waals surface area contributed by atoms with Crippen LogP contribution in [0.5, 0.6) is 11.6 Å². The largest absolute Gasteiger partial charge is 0.493 e. The number of hydrogen-bond acceptors (Lipinski definition) is 6. The molecule has 1 spiro atoms. The van der Waals surface area contributed by atoms with E-state index in [1.54, 1.807) is 7.11 Å². The lowest BCUT2D eigenvalue weighted by molar-refractivity contribution is 0.0874. The third kappa shape index (κ3) is 2.11. The number of rotatable bonds is 2. The number of benzene rings is 1. The molecule has 6 nitrogen and oxygen atoms in total. The van der Waals surface area contributed by atoms with E-state index in [0.29, 0.717) is 5.88 Å². The highest BCUT2D eigenvalue weighted by molar-refractivity contribution is 5.50. The molecule has 2 aromatic rings. The molecule has 0 bridgehead atoms. The van der Waals surface area contributed by atoms with Crippen molar-refractivity contribution < 1.29 is 9.47 Å². The van der Waals surface area contributed by atoms with Crippen LogP contribution in [-0.2, 0) is 6.42 Å². The molecule has 2 aliphatic heterocycles. The average molecular weight is 298 g/mol. The first kappa shape index (κ1) is 13.2. The van der Waals surface area contributed by atoms with Crippen LogP contribution in [0.2, 0.25) is 0 Å². The van der Waals surface area contributed by atoms with Crippen LogP contribution in [0.25, 0.3) is 0 Å². The summed E-state index contributed by atoms with van der Waals surface area (Å²) < 4.78 is 11.1. The summed E-state index contributed by atoms with van der Waals surface area (Å²) in [6.07, 6.45) is 1.04. The lowest BCUT2D eigenvalue weighted by atomic mass is 9.74. The number of fused-ring (bicyclic) bond motifs is 1. The Kier molecular flexibility index (Phi) is 2.85. The molecule has 1 aromatic carbocycles. The van der Waals surface area contributed by atoms with Gasteiger partial charge in [-0.25, -0.2) is 0 Å². The van der Waals surface area contributed by atoms with Crippen LogP contribution >= 0.6 is 0 Å². The van der Waals surface area contributed by atoms with Crippen molar-refractivity contribution in [1.82, 2.24) is 9.97 Å². The molecule has 6 heteroatoms.